The van der Waals surface area contributed by atoms with Gasteiger partial charge in [0.2, 0.25) is 0 Å². The Morgan fingerprint density at radius 2 is 1.93 bits per heavy atom. The van der Waals surface area contributed by atoms with Crippen LogP contribution in [0.15, 0.2) is 11.6 Å². The molecule has 0 rings (SSSR count). The quantitative estimate of drug-likeness (QED) is 0.369. The zero-order chi connectivity index (χ0) is 12.1. The SMILES string of the molecule is C/C(=C\COP(=O)(O)OP(=O)(O)O)C[S-]. The van der Waals surface area contributed by atoms with Gasteiger partial charge in [-0.15, -0.1) is 0 Å². The fourth-order valence-electron chi connectivity index (χ4n) is 0.491. The van der Waals surface area contributed by atoms with Gasteiger partial charge in [0.05, 0.1) is 6.61 Å². The molecule has 0 heterocycles. The first kappa shape index (κ1) is 15.3. The van der Waals surface area contributed by atoms with Gasteiger partial charge >= 0.3 is 15.6 Å². The molecule has 1 atom stereocenters. The van der Waals surface area contributed by atoms with Crippen molar-refractivity contribution in [1.29, 1.82) is 0 Å². The summed E-state index contributed by atoms with van der Waals surface area (Å²) < 4.78 is 28.9. The Kier molecular flexibility index (Phi) is 6.32. The number of phosphoric ester groups is 1. The van der Waals surface area contributed by atoms with Crippen molar-refractivity contribution < 1.29 is 32.6 Å². The summed E-state index contributed by atoms with van der Waals surface area (Å²) in [6.07, 6.45) is 1.42. The molecule has 15 heavy (non-hydrogen) atoms. The van der Waals surface area contributed by atoms with Crippen LogP contribution in [0, 0.1) is 0 Å². The van der Waals surface area contributed by atoms with Gasteiger partial charge < -0.3 is 27.3 Å². The summed E-state index contributed by atoms with van der Waals surface area (Å²) in [6, 6.07) is 0. The van der Waals surface area contributed by atoms with E-state index in [0.717, 1.165) is 5.57 Å². The van der Waals surface area contributed by atoms with Crippen LogP contribution in [-0.4, -0.2) is 27.0 Å². The topological polar surface area (TPSA) is 113 Å². The summed E-state index contributed by atoms with van der Waals surface area (Å²) in [5.74, 6) is 0.332. The highest BCUT2D eigenvalue weighted by molar-refractivity contribution is 7.60. The Labute approximate surface area is 92.4 Å². The molecule has 0 fully saturated rings. The molecule has 0 aromatic rings. The molecule has 0 spiro atoms. The first-order chi connectivity index (χ1) is 6.66. The summed E-state index contributed by atoms with van der Waals surface area (Å²) >= 11 is 4.66. The fourth-order valence-corrected chi connectivity index (χ4v) is 2.14. The van der Waals surface area contributed by atoms with Crippen molar-refractivity contribution in [3.63, 3.8) is 0 Å². The second kappa shape index (κ2) is 6.18. The number of hydrogen-bond acceptors (Lipinski definition) is 5. The van der Waals surface area contributed by atoms with Gasteiger partial charge in [-0.3, -0.25) is 4.52 Å². The molecule has 0 saturated carbocycles. The summed E-state index contributed by atoms with van der Waals surface area (Å²) in [7, 11) is -9.76. The van der Waals surface area contributed by atoms with Crippen molar-refractivity contribution in [3.05, 3.63) is 11.6 Å². The maximum absolute atomic E-state index is 10.9. The van der Waals surface area contributed by atoms with Crippen LogP contribution in [0.4, 0.5) is 0 Å². The van der Waals surface area contributed by atoms with E-state index in [1.54, 1.807) is 6.92 Å². The highest BCUT2D eigenvalue weighted by atomic mass is 32.1. The minimum atomic E-state index is -5.04. The molecule has 0 bridgehead atoms. The lowest BCUT2D eigenvalue weighted by Crippen LogP contribution is -1.95. The molecule has 0 radical (unpaired) electrons. The molecular formula is C5H11O7P2S-. The van der Waals surface area contributed by atoms with E-state index >= 15 is 0 Å². The maximum atomic E-state index is 10.9. The molecule has 0 aromatic carbocycles. The molecule has 3 N–H and O–H groups in total. The van der Waals surface area contributed by atoms with Crippen LogP contribution in [0.5, 0.6) is 0 Å². The van der Waals surface area contributed by atoms with Gasteiger partial charge in [0.25, 0.3) is 0 Å². The van der Waals surface area contributed by atoms with Crippen LogP contribution in [0.3, 0.4) is 0 Å². The molecular weight excluding hydrogens is 266 g/mol. The van der Waals surface area contributed by atoms with E-state index < -0.39 is 15.6 Å². The lowest BCUT2D eigenvalue weighted by atomic mass is 10.3. The van der Waals surface area contributed by atoms with E-state index in [2.05, 4.69) is 21.5 Å². The van der Waals surface area contributed by atoms with Crippen molar-refractivity contribution in [2.24, 2.45) is 0 Å². The average Bonchev–Trinajstić information content (AvgIpc) is 1.98. The highest BCUT2D eigenvalue weighted by Crippen LogP contribution is 2.57. The van der Waals surface area contributed by atoms with Crippen LogP contribution in [0.25, 0.3) is 0 Å². The molecule has 0 aromatic heterocycles. The number of rotatable bonds is 6. The van der Waals surface area contributed by atoms with E-state index in [9.17, 15) is 9.13 Å². The smallest absolute Gasteiger partial charge is 0.481 e. The molecule has 7 nitrogen and oxygen atoms in total. The lowest BCUT2D eigenvalue weighted by molar-refractivity contribution is 0.191. The molecule has 0 aliphatic carbocycles. The predicted octanol–water partition coefficient (Wildman–Crippen LogP) is 0.706. The van der Waals surface area contributed by atoms with Crippen molar-refractivity contribution in [1.82, 2.24) is 0 Å². The maximum Gasteiger partial charge on any atom is 0.481 e. The second-order valence-electron chi connectivity index (χ2n) is 2.53. The van der Waals surface area contributed by atoms with Crippen LogP contribution < -0.4 is 0 Å². The molecule has 0 amide bonds. The van der Waals surface area contributed by atoms with E-state index in [-0.39, 0.29) is 6.61 Å². The van der Waals surface area contributed by atoms with Gasteiger partial charge in [0.15, 0.2) is 0 Å². The molecule has 0 saturated heterocycles. The van der Waals surface area contributed by atoms with Gasteiger partial charge in [-0.25, -0.2) is 9.13 Å². The summed E-state index contributed by atoms with van der Waals surface area (Å²) in [4.78, 5) is 25.3. The van der Waals surface area contributed by atoms with Gasteiger partial charge in [0.1, 0.15) is 0 Å². The Hall–Kier alpha value is 0.350. The largest absolute Gasteiger partial charge is 0.788 e. The van der Waals surface area contributed by atoms with Gasteiger partial charge in [-0.1, -0.05) is 11.6 Å². The first-order valence-corrected chi connectivity index (χ1v) is 7.24. The second-order valence-corrected chi connectivity index (χ2v) is 5.65. The minimum Gasteiger partial charge on any atom is -0.788 e. The monoisotopic (exact) mass is 277 g/mol. The van der Waals surface area contributed by atoms with Crippen LogP contribution >= 0.6 is 15.6 Å². The van der Waals surface area contributed by atoms with Crippen molar-refractivity contribution in [3.8, 4) is 0 Å². The van der Waals surface area contributed by atoms with Gasteiger partial charge in [-0.05, 0) is 6.92 Å². The summed E-state index contributed by atoms with van der Waals surface area (Å²) in [5.41, 5.74) is 0.737. The third-order valence-corrected chi connectivity index (χ3v) is 3.71. The average molecular weight is 277 g/mol. The standard InChI is InChI=1S/C5H12O7P2S/c1-5(4-15)2-3-11-14(9,10)12-13(6,7)8/h2,15H,3-4H2,1H3,(H,9,10)(H2,6,7,8)/p-1/b5-2+. The third-order valence-electron chi connectivity index (χ3n) is 1.11. The molecule has 0 aliphatic heterocycles. The Bertz CT molecular complexity index is 321. The Morgan fingerprint density at radius 1 is 1.40 bits per heavy atom. The van der Waals surface area contributed by atoms with Crippen molar-refractivity contribution >= 4 is 28.3 Å². The van der Waals surface area contributed by atoms with Crippen LogP contribution in [0.1, 0.15) is 6.92 Å². The number of phosphoric acid groups is 2. The van der Waals surface area contributed by atoms with Crippen LogP contribution in [-0.2, 0) is 30.6 Å². The zero-order valence-corrected chi connectivity index (χ0v) is 10.4. The Balaban J connectivity index is 4.18. The van der Waals surface area contributed by atoms with E-state index in [0.29, 0.717) is 5.75 Å². The summed E-state index contributed by atoms with van der Waals surface area (Å²) in [6.45, 7) is 1.37. The first-order valence-electron chi connectivity index (χ1n) is 3.64. The number of hydrogen-bond donors (Lipinski definition) is 3. The Morgan fingerprint density at radius 3 is 2.33 bits per heavy atom. The van der Waals surface area contributed by atoms with E-state index in [4.69, 9.17) is 14.7 Å². The van der Waals surface area contributed by atoms with Crippen molar-refractivity contribution in [2.45, 2.75) is 6.92 Å². The lowest BCUT2D eigenvalue weighted by Gasteiger charge is -2.11. The molecule has 0 aliphatic rings. The predicted molar refractivity (Wildman–Crippen MR) is 54.9 cm³/mol. The van der Waals surface area contributed by atoms with E-state index in [1.807, 2.05) is 0 Å². The molecule has 90 valence electrons. The minimum absolute atomic E-state index is 0.309. The normalized spacial score (nSPS) is 17.5. The molecule has 10 heteroatoms. The third kappa shape index (κ3) is 9.29. The van der Waals surface area contributed by atoms with Crippen LogP contribution in [0.2, 0.25) is 0 Å². The van der Waals surface area contributed by atoms with Crippen molar-refractivity contribution in [2.75, 3.05) is 12.4 Å². The van der Waals surface area contributed by atoms with Gasteiger partial charge in [0, 0.05) is 0 Å². The summed E-state index contributed by atoms with van der Waals surface area (Å²) in [5, 5.41) is 0. The van der Waals surface area contributed by atoms with E-state index in [1.165, 1.54) is 6.08 Å². The molecule has 1 unspecified atom stereocenters. The highest BCUT2D eigenvalue weighted by Gasteiger charge is 2.31. The van der Waals surface area contributed by atoms with Gasteiger partial charge in [-0.2, -0.15) is 10.1 Å². The fraction of sp³-hybridized carbons (Fsp3) is 0.600. The zero-order valence-electron chi connectivity index (χ0n) is 7.77.